The van der Waals surface area contributed by atoms with Crippen molar-refractivity contribution in [2.24, 2.45) is 0 Å². The van der Waals surface area contributed by atoms with Gasteiger partial charge in [-0.15, -0.1) is 0 Å². The van der Waals surface area contributed by atoms with Crippen molar-refractivity contribution < 1.29 is 18.7 Å². The molecular formula is C22H19FN2O3. The van der Waals surface area contributed by atoms with Crippen LogP contribution < -0.4 is 15.4 Å². The lowest BCUT2D eigenvalue weighted by Gasteiger charge is -2.12. The van der Waals surface area contributed by atoms with Crippen molar-refractivity contribution in [1.29, 1.82) is 0 Å². The van der Waals surface area contributed by atoms with Crippen LogP contribution in [0.15, 0.2) is 72.8 Å². The van der Waals surface area contributed by atoms with Crippen molar-refractivity contribution in [3.63, 3.8) is 0 Å². The maximum atomic E-state index is 13.6. The van der Waals surface area contributed by atoms with E-state index in [0.717, 1.165) is 5.56 Å². The molecule has 5 nitrogen and oxygen atoms in total. The topological polar surface area (TPSA) is 67.4 Å². The van der Waals surface area contributed by atoms with Gasteiger partial charge < -0.3 is 15.4 Å². The number of benzene rings is 3. The van der Waals surface area contributed by atoms with Gasteiger partial charge in [-0.05, 0) is 43.3 Å². The fourth-order valence-electron chi connectivity index (χ4n) is 2.51. The van der Waals surface area contributed by atoms with Gasteiger partial charge in [0, 0.05) is 5.69 Å². The Hall–Kier alpha value is -3.67. The Bertz CT molecular complexity index is 987. The third-order valence-electron chi connectivity index (χ3n) is 3.95. The number of aryl methyl sites for hydroxylation is 1. The quantitative estimate of drug-likeness (QED) is 0.668. The maximum absolute atomic E-state index is 13.6. The molecule has 0 saturated carbocycles. The summed E-state index contributed by atoms with van der Waals surface area (Å²) in [6.45, 7) is 1.60. The lowest BCUT2D eigenvalue weighted by atomic mass is 10.1. The summed E-state index contributed by atoms with van der Waals surface area (Å²) in [5.74, 6) is -1.16. The van der Waals surface area contributed by atoms with Crippen molar-refractivity contribution in [1.82, 2.24) is 0 Å². The van der Waals surface area contributed by atoms with Gasteiger partial charge in [0.05, 0.1) is 11.3 Å². The molecule has 3 rings (SSSR count). The number of ether oxygens (including phenoxy) is 1. The molecule has 3 aromatic carbocycles. The highest BCUT2D eigenvalue weighted by atomic mass is 19.1. The van der Waals surface area contributed by atoms with Crippen LogP contribution >= 0.6 is 0 Å². The third kappa shape index (κ3) is 4.94. The summed E-state index contributed by atoms with van der Waals surface area (Å²) in [5, 5.41) is 5.23. The van der Waals surface area contributed by atoms with Gasteiger partial charge in [0.2, 0.25) is 0 Å². The molecule has 0 spiro atoms. The van der Waals surface area contributed by atoms with Crippen molar-refractivity contribution in [2.75, 3.05) is 17.2 Å². The van der Waals surface area contributed by atoms with Gasteiger partial charge in [0.25, 0.3) is 11.8 Å². The maximum Gasteiger partial charge on any atom is 0.262 e. The summed E-state index contributed by atoms with van der Waals surface area (Å²) in [7, 11) is 0. The fourth-order valence-corrected chi connectivity index (χ4v) is 2.51. The van der Waals surface area contributed by atoms with Gasteiger partial charge in [-0.25, -0.2) is 4.39 Å². The second-order valence-electron chi connectivity index (χ2n) is 6.13. The second kappa shape index (κ2) is 8.81. The molecule has 0 aromatic heterocycles. The number of para-hydroxylation sites is 2. The van der Waals surface area contributed by atoms with Crippen LogP contribution in [0.5, 0.6) is 5.75 Å². The fraction of sp³-hybridized carbons (Fsp3) is 0.0909. The molecule has 2 N–H and O–H groups in total. The first-order valence-electron chi connectivity index (χ1n) is 8.67. The Morgan fingerprint density at radius 2 is 1.57 bits per heavy atom. The number of carbonyl (C=O) groups is 2. The summed E-state index contributed by atoms with van der Waals surface area (Å²) in [4.78, 5) is 24.6. The molecule has 0 aliphatic heterocycles. The normalized spacial score (nSPS) is 10.2. The van der Waals surface area contributed by atoms with Gasteiger partial charge in [-0.2, -0.15) is 0 Å². The van der Waals surface area contributed by atoms with Crippen LogP contribution in [0.4, 0.5) is 15.8 Å². The van der Waals surface area contributed by atoms with Gasteiger partial charge >= 0.3 is 0 Å². The van der Waals surface area contributed by atoms with Crippen LogP contribution in [0, 0.1) is 12.7 Å². The van der Waals surface area contributed by atoms with Crippen LogP contribution in [0.2, 0.25) is 0 Å². The predicted molar refractivity (Wildman–Crippen MR) is 106 cm³/mol. The van der Waals surface area contributed by atoms with E-state index in [9.17, 15) is 14.0 Å². The highest BCUT2D eigenvalue weighted by Gasteiger charge is 2.14. The first-order valence-corrected chi connectivity index (χ1v) is 8.67. The second-order valence-corrected chi connectivity index (χ2v) is 6.13. The summed E-state index contributed by atoms with van der Waals surface area (Å²) in [5.41, 5.74) is 2.11. The molecule has 142 valence electrons. The standard InChI is InChI=1S/C22H19FN2O3/c1-15-10-12-16(13-11-15)24-22(27)17-6-2-5-9-20(17)28-14-21(26)25-19-8-4-3-7-18(19)23/h2-13H,14H2,1H3,(H,24,27)(H,25,26). The van der Waals surface area contributed by atoms with E-state index in [0.29, 0.717) is 11.3 Å². The van der Waals surface area contributed by atoms with Gasteiger partial charge in [0.15, 0.2) is 6.61 Å². The Morgan fingerprint density at radius 1 is 0.893 bits per heavy atom. The molecule has 0 bridgehead atoms. The van der Waals surface area contributed by atoms with E-state index >= 15 is 0 Å². The van der Waals surface area contributed by atoms with Crippen molar-refractivity contribution in [3.8, 4) is 5.75 Å². The summed E-state index contributed by atoms with van der Waals surface area (Å²) in [6.07, 6.45) is 0. The minimum Gasteiger partial charge on any atom is -0.483 e. The van der Waals surface area contributed by atoms with Gasteiger partial charge in [-0.1, -0.05) is 42.0 Å². The summed E-state index contributed by atoms with van der Waals surface area (Å²) in [6, 6.07) is 19.9. The molecule has 0 atom stereocenters. The van der Waals surface area contributed by atoms with Crippen LogP contribution in [0.1, 0.15) is 15.9 Å². The largest absolute Gasteiger partial charge is 0.483 e. The molecule has 28 heavy (non-hydrogen) atoms. The predicted octanol–water partition coefficient (Wildman–Crippen LogP) is 4.40. The Kier molecular flexibility index (Phi) is 6.01. The number of carbonyl (C=O) groups excluding carboxylic acids is 2. The van der Waals surface area contributed by atoms with E-state index in [1.807, 2.05) is 19.1 Å². The Balaban J connectivity index is 1.65. The molecular weight excluding hydrogens is 359 g/mol. The first kappa shape index (κ1) is 19.1. The molecule has 6 heteroatoms. The van der Waals surface area contributed by atoms with E-state index in [-0.39, 0.29) is 24.0 Å². The zero-order valence-corrected chi connectivity index (χ0v) is 15.2. The third-order valence-corrected chi connectivity index (χ3v) is 3.95. The number of hydrogen-bond acceptors (Lipinski definition) is 3. The zero-order chi connectivity index (χ0) is 19.9. The molecule has 0 fully saturated rings. The van der Waals surface area contributed by atoms with E-state index in [1.165, 1.54) is 18.2 Å². The molecule has 2 amide bonds. The van der Waals surface area contributed by atoms with E-state index < -0.39 is 11.7 Å². The minimum atomic E-state index is -0.534. The highest BCUT2D eigenvalue weighted by Crippen LogP contribution is 2.20. The van der Waals surface area contributed by atoms with Crippen LogP contribution in [0.3, 0.4) is 0 Å². The van der Waals surface area contributed by atoms with E-state index in [1.54, 1.807) is 42.5 Å². The van der Waals surface area contributed by atoms with E-state index in [2.05, 4.69) is 10.6 Å². The van der Waals surface area contributed by atoms with Crippen molar-refractivity contribution in [2.45, 2.75) is 6.92 Å². The van der Waals surface area contributed by atoms with E-state index in [4.69, 9.17) is 4.74 Å². The Labute approximate surface area is 162 Å². The number of nitrogens with one attached hydrogen (secondary N) is 2. The van der Waals surface area contributed by atoms with Crippen LogP contribution in [-0.4, -0.2) is 18.4 Å². The van der Waals surface area contributed by atoms with Crippen molar-refractivity contribution in [3.05, 3.63) is 89.7 Å². The number of anilines is 2. The van der Waals surface area contributed by atoms with Crippen LogP contribution in [-0.2, 0) is 4.79 Å². The van der Waals surface area contributed by atoms with Gasteiger partial charge in [0.1, 0.15) is 11.6 Å². The Morgan fingerprint density at radius 3 is 2.32 bits per heavy atom. The molecule has 0 aliphatic carbocycles. The molecule has 0 aliphatic rings. The number of rotatable bonds is 6. The van der Waals surface area contributed by atoms with Gasteiger partial charge in [-0.3, -0.25) is 9.59 Å². The average Bonchev–Trinajstić information content (AvgIpc) is 2.70. The summed E-state index contributed by atoms with van der Waals surface area (Å²) >= 11 is 0. The molecule has 3 aromatic rings. The van der Waals surface area contributed by atoms with Crippen molar-refractivity contribution >= 4 is 23.2 Å². The summed E-state index contributed by atoms with van der Waals surface area (Å²) < 4.78 is 19.1. The average molecular weight is 378 g/mol. The molecule has 0 unspecified atom stereocenters. The lowest BCUT2D eigenvalue weighted by Crippen LogP contribution is -2.22. The number of hydrogen-bond donors (Lipinski definition) is 2. The minimum absolute atomic E-state index is 0.0708. The molecule has 0 saturated heterocycles. The molecule has 0 heterocycles. The molecule has 0 radical (unpaired) electrons. The monoisotopic (exact) mass is 378 g/mol. The highest BCUT2D eigenvalue weighted by molar-refractivity contribution is 6.06. The number of halogens is 1. The first-order chi connectivity index (χ1) is 13.5. The lowest BCUT2D eigenvalue weighted by molar-refractivity contribution is -0.118. The zero-order valence-electron chi connectivity index (χ0n) is 15.2. The number of amides is 2. The van der Waals surface area contributed by atoms with Crippen LogP contribution in [0.25, 0.3) is 0 Å². The smallest absolute Gasteiger partial charge is 0.262 e. The SMILES string of the molecule is Cc1ccc(NC(=O)c2ccccc2OCC(=O)Nc2ccccc2F)cc1.